The molecule has 1 aromatic rings. The van der Waals surface area contributed by atoms with E-state index < -0.39 is 0 Å². The molecule has 1 aliphatic rings. The lowest BCUT2D eigenvalue weighted by Crippen LogP contribution is -2.30. The van der Waals surface area contributed by atoms with Gasteiger partial charge in [0.25, 0.3) is 0 Å². The molecule has 0 radical (unpaired) electrons. The van der Waals surface area contributed by atoms with Crippen LogP contribution in [0.2, 0.25) is 0 Å². The van der Waals surface area contributed by atoms with Crippen LogP contribution in [0.3, 0.4) is 0 Å². The number of hydrogen-bond donors (Lipinski definition) is 1. The highest BCUT2D eigenvalue weighted by Gasteiger charge is 2.15. The van der Waals surface area contributed by atoms with Gasteiger partial charge < -0.3 is 10.7 Å². The Kier molecular flexibility index (Phi) is 3.44. The number of aryl methyl sites for hydroxylation is 1. The van der Waals surface area contributed by atoms with E-state index in [1.807, 2.05) is 0 Å². The molecule has 0 unspecified atom stereocenters. The van der Waals surface area contributed by atoms with Crippen molar-refractivity contribution in [3.05, 3.63) is 29.3 Å². The fourth-order valence-electron chi connectivity index (χ4n) is 2.36. The first-order valence-corrected chi connectivity index (χ1v) is 5.96. The number of anilines is 1. The predicted molar refractivity (Wildman–Crippen MR) is 69.0 cm³/mol. The normalized spacial score (nSPS) is 15.4. The fourth-order valence-corrected chi connectivity index (χ4v) is 2.36. The Morgan fingerprint density at radius 1 is 1.50 bits per heavy atom. The van der Waals surface area contributed by atoms with Gasteiger partial charge in [0.05, 0.1) is 6.21 Å². The van der Waals surface area contributed by atoms with Crippen LogP contribution < -0.4 is 10.7 Å². The van der Waals surface area contributed by atoms with Crippen molar-refractivity contribution in [3.8, 4) is 0 Å². The first-order chi connectivity index (χ1) is 7.85. The number of benzene rings is 1. The zero-order valence-electron chi connectivity index (χ0n) is 9.82. The zero-order chi connectivity index (χ0) is 11.4. The molecule has 0 aliphatic carbocycles. The fraction of sp³-hybridized carbons (Fsp3) is 0.462. The van der Waals surface area contributed by atoms with Gasteiger partial charge in [-0.2, -0.15) is 5.10 Å². The minimum Gasteiger partial charge on any atom is -0.371 e. The third-order valence-corrected chi connectivity index (χ3v) is 3.04. The highest BCUT2D eigenvalue weighted by molar-refractivity contribution is 5.81. The summed E-state index contributed by atoms with van der Waals surface area (Å²) in [6, 6.07) is 6.48. The molecule has 1 heterocycles. The van der Waals surface area contributed by atoms with E-state index >= 15 is 0 Å². The van der Waals surface area contributed by atoms with Crippen LogP contribution >= 0.6 is 0 Å². The molecular formula is C13H19N3. The second-order valence-corrected chi connectivity index (χ2v) is 4.26. The average Bonchev–Trinajstić information content (AvgIpc) is 2.30. The standard InChI is InChI=1S/C13H19N3/c1-2-7-16-8-3-4-12-9-11(10-15-14)5-6-13(12)16/h5-6,9-10H,2-4,7-8,14H2,1H3. The maximum Gasteiger partial charge on any atom is 0.0538 e. The van der Waals surface area contributed by atoms with Crippen LogP contribution in [-0.2, 0) is 6.42 Å². The molecule has 2 N–H and O–H groups in total. The molecule has 1 aliphatic heterocycles. The molecular weight excluding hydrogens is 198 g/mol. The molecule has 0 atom stereocenters. The zero-order valence-corrected chi connectivity index (χ0v) is 9.82. The highest BCUT2D eigenvalue weighted by atomic mass is 15.1. The minimum atomic E-state index is 1.10. The number of hydrogen-bond acceptors (Lipinski definition) is 3. The van der Waals surface area contributed by atoms with E-state index in [-0.39, 0.29) is 0 Å². The van der Waals surface area contributed by atoms with Crippen molar-refractivity contribution in [2.24, 2.45) is 10.9 Å². The number of hydrazone groups is 1. The maximum atomic E-state index is 5.17. The van der Waals surface area contributed by atoms with E-state index in [1.165, 1.54) is 37.1 Å². The van der Waals surface area contributed by atoms with Crippen LogP contribution in [-0.4, -0.2) is 19.3 Å². The Bertz CT molecular complexity index is 385. The van der Waals surface area contributed by atoms with Crippen LogP contribution in [0.25, 0.3) is 0 Å². The van der Waals surface area contributed by atoms with Crippen LogP contribution in [0.1, 0.15) is 30.9 Å². The third-order valence-electron chi connectivity index (χ3n) is 3.04. The lowest BCUT2D eigenvalue weighted by Gasteiger charge is -2.31. The average molecular weight is 217 g/mol. The van der Waals surface area contributed by atoms with E-state index in [0.29, 0.717) is 0 Å². The van der Waals surface area contributed by atoms with Crippen LogP contribution in [0.5, 0.6) is 0 Å². The van der Waals surface area contributed by atoms with Crippen molar-refractivity contribution in [2.75, 3.05) is 18.0 Å². The predicted octanol–water partition coefficient (Wildman–Crippen LogP) is 2.14. The first-order valence-electron chi connectivity index (χ1n) is 5.96. The molecule has 0 saturated heterocycles. The van der Waals surface area contributed by atoms with Gasteiger partial charge in [-0.1, -0.05) is 13.0 Å². The van der Waals surface area contributed by atoms with Gasteiger partial charge in [0, 0.05) is 18.8 Å². The molecule has 0 spiro atoms. The third kappa shape index (κ3) is 2.18. The van der Waals surface area contributed by atoms with Gasteiger partial charge in [-0.05, 0) is 42.5 Å². The van der Waals surface area contributed by atoms with Crippen LogP contribution in [0.4, 0.5) is 5.69 Å². The minimum absolute atomic E-state index is 1.10. The summed E-state index contributed by atoms with van der Waals surface area (Å²) < 4.78 is 0. The van der Waals surface area contributed by atoms with E-state index in [9.17, 15) is 0 Å². The molecule has 86 valence electrons. The van der Waals surface area contributed by atoms with Gasteiger partial charge in [0.2, 0.25) is 0 Å². The summed E-state index contributed by atoms with van der Waals surface area (Å²) in [4.78, 5) is 2.47. The summed E-state index contributed by atoms with van der Waals surface area (Å²) in [6.45, 7) is 4.56. The van der Waals surface area contributed by atoms with Crippen molar-refractivity contribution >= 4 is 11.9 Å². The Balaban J connectivity index is 2.29. The lowest BCUT2D eigenvalue weighted by atomic mass is 9.99. The topological polar surface area (TPSA) is 41.6 Å². The highest BCUT2D eigenvalue weighted by Crippen LogP contribution is 2.27. The second-order valence-electron chi connectivity index (χ2n) is 4.26. The van der Waals surface area contributed by atoms with Gasteiger partial charge in [-0.25, -0.2) is 0 Å². The molecule has 0 aromatic heterocycles. The Hall–Kier alpha value is -1.51. The summed E-state index contributed by atoms with van der Waals surface area (Å²) in [5, 5.41) is 3.57. The van der Waals surface area contributed by atoms with Gasteiger partial charge in [-0.3, -0.25) is 0 Å². The molecule has 0 fully saturated rings. The maximum absolute atomic E-state index is 5.17. The Labute approximate surface area is 96.9 Å². The molecule has 0 amide bonds. The number of nitrogens with two attached hydrogens (primary N) is 1. The smallest absolute Gasteiger partial charge is 0.0538 e. The van der Waals surface area contributed by atoms with Crippen molar-refractivity contribution in [3.63, 3.8) is 0 Å². The molecule has 0 saturated carbocycles. The molecule has 3 heteroatoms. The quantitative estimate of drug-likeness (QED) is 0.479. The van der Waals surface area contributed by atoms with E-state index in [2.05, 4.69) is 35.1 Å². The summed E-state index contributed by atoms with van der Waals surface area (Å²) in [7, 11) is 0. The first kappa shape index (κ1) is 11.0. The van der Waals surface area contributed by atoms with Crippen molar-refractivity contribution in [1.29, 1.82) is 0 Å². The van der Waals surface area contributed by atoms with Crippen LogP contribution in [0, 0.1) is 0 Å². The molecule has 16 heavy (non-hydrogen) atoms. The number of rotatable bonds is 3. The summed E-state index contributed by atoms with van der Waals surface area (Å²) in [6.07, 6.45) is 5.32. The van der Waals surface area contributed by atoms with E-state index in [1.54, 1.807) is 6.21 Å². The largest absolute Gasteiger partial charge is 0.371 e. The van der Waals surface area contributed by atoms with E-state index in [0.717, 1.165) is 12.1 Å². The summed E-state index contributed by atoms with van der Waals surface area (Å²) >= 11 is 0. The Morgan fingerprint density at radius 2 is 2.38 bits per heavy atom. The summed E-state index contributed by atoms with van der Waals surface area (Å²) in [5.74, 6) is 5.17. The number of fused-ring (bicyclic) bond motifs is 1. The summed E-state index contributed by atoms with van der Waals surface area (Å²) in [5.41, 5.74) is 3.92. The van der Waals surface area contributed by atoms with Gasteiger partial charge in [-0.15, -0.1) is 0 Å². The molecule has 1 aromatic carbocycles. The molecule has 2 rings (SSSR count). The van der Waals surface area contributed by atoms with Gasteiger partial charge in [0.15, 0.2) is 0 Å². The van der Waals surface area contributed by atoms with Crippen LogP contribution in [0.15, 0.2) is 23.3 Å². The second kappa shape index (κ2) is 5.01. The van der Waals surface area contributed by atoms with E-state index in [4.69, 9.17) is 5.84 Å². The number of nitrogens with zero attached hydrogens (tertiary/aromatic N) is 2. The van der Waals surface area contributed by atoms with Crippen molar-refractivity contribution < 1.29 is 0 Å². The van der Waals surface area contributed by atoms with Gasteiger partial charge >= 0.3 is 0 Å². The monoisotopic (exact) mass is 217 g/mol. The molecule has 3 nitrogen and oxygen atoms in total. The van der Waals surface area contributed by atoms with Crippen molar-refractivity contribution in [2.45, 2.75) is 26.2 Å². The van der Waals surface area contributed by atoms with Gasteiger partial charge in [0.1, 0.15) is 0 Å². The SMILES string of the molecule is CCCN1CCCc2cc(C=NN)ccc21. The van der Waals surface area contributed by atoms with Crippen molar-refractivity contribution in [1.82, 2.24) is 0 Å². The Morgan fingerprint density at radius 3 is 3.12 bits per heavy atom. The molecule has 0 bridgehead atoms. The lowest BCUT2D eigenvalue weighted by molar-refractivity contribution is 0.681.